The Morgan fingerprint density at radius 1 is 1.33 bits per heavy atom. The molecule has 0 aliphatic heterocycles. The predicted octanol–water partition coefficient (Wildman–Crippen LogP) is 1.97. The van der Waals surface area contributed by atoms with Crippen LogP contribution in [0.2, 0.25) is 0 Å². The van der Waals surface area contributed by atoms with Crippen LogP contribution in [-0.4, -0.2) is 24.4 Å². The highest BCUT2D eigenvalue weighted by atomic mass is 79.9. The van der Waals surface area contributed by atoms with Gasteiger partial charge in [-0.1, -0.05) is 5.16 Å². The van der Waals surface area contributed by atoms with Crippen LogP contribution in [-0.2, 0) is 6.54 Å². The molecule has 18 heavy (non-hydrogen) atoms. The first-order chi connectivity index (χ1) is 8.69. The lowest BCUT2D eigenvalue weighted by molar-refractivity contribution is 0.379. The monoisotopic (exact) mass is 313 g/mol. The van der Waals surface area contributed by atoms with Crippen LogP contribution in [0.3, 0.4) is 0 Å². The van der Waals surface area contributed by atoms with E-state index in [9.17, 15) is 0 Å². The summed E-state index contributed by atoms with van der Waals surface area (Å²) in [6, 6.07) is 3.55. The van der Waals surface area contributed by atoms with Gasteiger partial charge in [0, 0.05) is 10.5 Å². The summed E-state index contributed by atoms with van der Waals surface area (Å²) < 4.78 is 16.2. The normalized spacial score (nSPS) is 10.4. The fourth-order valence-electron chi connectivity index (χ4n) is 1.49. The van der Waals surface area contributed by atoms with Crippen LogP contribution >= 0.6 is 15.9 Å². The molecule has 2 rings (SSSR count). The number of aromatic nitrogens is 2. The Labute approximate surface area is 112 Å². The van der Waals surface area contributed by atoms with Crippen molar-refractivity contribution in [3.8, 4) is 22.9 Å². The zero-order chi connectivity index (χ0) is 13.1. The number of rotatable bonds is 4. The van der Waals surface area contributed by atoms with E-state index in [1.54, 1.807) is 26.4 Å². The molecule has 7 heteroatoms. The molecule has 96 valence electrons. The molecule has 0 radical (unpaired) electrons. The molecule has 0 bridgehead atoms. The molecule has 0 unspecified atom stereocenters. The first kappa shape index (κ1) is 12.8. The van der Waals surface area contributed by atoms with Crippen LogP contribution in [0.15, 0.2) is 21.1 Å². The van der Waals surface area contributed by atoms with E-state index in [-0.39, 0.29) is 6.54 Å². The number of ether oxygens (including phenoxy) is 2. The summed E-state index contributed by atoms with van der Waals surface area (Å²) >= 11 is 3.43. The molecular weight excluding hydrogens is 302 g/mol. The Morgan fingerprint density at radius 2 is 2.11 bits per heavy atom. The minimum atomic E-state index is 0.198. The molecule has 0 aliphatic rings. The topological polar surface area (TPSA) is 83.4 Å². The molecular formula is C11H12BrN3O3. The van der Waals surface area contributed by atoms with Crippen molar-refractivity contribution in [3.05, 3.63) is 22.5 Å². The van der Waals surface area contributed by atoms with Crippen molar-refractivity contribution in [1.82, 2.24) is 10.1 Å². The minimum Gasteiger partial charge on any atom is -0.497 e. The molecule has 1 aromatic heterocycles. The van der Waals surface area contributed by atoms with Gasteiger partial charge in [0.05, 0.1) is 26.3 Å². The van der Waals surface area contributed by atoms with Gasteiger partial charge in [-0.3, -0.25) is 0 Å². The van der Waals surface area contributed by atoms with E-state index >= 15 is 0 Å². The van der Waals surface area contributed by atoms with E-state index < -0.39 is 0 Å². The van der Waals surface area contributed by atoms with Crippen LogP contribution in [0.4, 0.5) is 0 Å². The van der Waals surface area contributed by atoms with Gasteiger partial charge in [-0.2, -0.15) is 4.98 Å². The summed E-state index contributed by atoms with van der Waals surface area (Å²) in [5, 5.41) is 3.87. The van der Waals surface area contributed by atoms with Crippen molar-refractivity contribution < 1.29 is 14.0 Å². The van der Waals surface area contributed by atoms with E-state index in [2.05, 4.69) is 26.1 Å². The number of halogens is 1. The molecule has 0 fully saturated rings. The number of methoxy groups -OCH3 is 2. The zero-order valence-corrected chi connectivity index (χ0v) is 11.5. The van der Waals surface area contributed by atoms with Crippen LogP contribution < -0.4 is 15.2 Å². The Morgan fingerprint density at radius 3 is 2.67 bits per heavy atom. The van der Waals surface area contributed by atoms with Gasteiger partial charge < -0.3 is 19.7 Å². The van der Waals surface area contributed by atoms with Crippen LogP contribution in [0.25, 0.3) is 11.4 Å². The van der Waals surface area contributed by atoms with Crippen molar-refractivity contribution >= 4 is 15.9 Å². The van der Waals surface area contributed by atoms with E-state index in [1.165, 1.54) is 0 Å². The number of nitrogens with zero attached hydrogens (tertiary/aromatic N) is 2. The number of hydrogen-bond donors (Lipinski definition) is 1. The van der Waals surface area contributed by atoms with Gasteiger partial charge in [-0.15, -0.1) is 0 Å². The Kier molecular flexibility index (Phi) is 3.83. The second-order valence-corrected chi connectivity index (χ2v) is 4.26. The van der Waals surface area contributed by atoms with E-state index in [4.69, 9.17) is 19.7 Å². The highest BCUT2D eigenvalue weighted by Gasteiger charge is 2.17. The quantitative estimate of drug-likeness (QED) is 0.929. The van der Waals surface area contributed by atoms with Crippen molar-refractivity contribution in [2.45, 2.75) is 6.54 Å². The van der Waals surface area contributed by atoms with Gasteiger partial charge in [0.25, 0.3) is 0 Å². The molecule has 2 N–H and O–H groups in total. The van der Waals surface area contributed by atoms with Crippen molar-refractivity contribution in [2.75, 3.05) is 14.2 Å². The molecule has 0 atom stereocenters. The average Bonchev–Trinajstić information content (AvgIpc) is 2.85. The van der Waals surface area contributed by atoms with Gasteiger partial charge >= 0.3 is 0 Å². The molecule has 1 heterocycles. The highest BCUT2D eigenvalue weighted by Crippen LogP contribution is 2.38. The van der Waals surface area contributed by atoms with Gasteiger partial charge in [0.15, 0.2) is 0 Å². The lowest BCUT2D eigenvalue weighted by Gasteiger charge is -2.09. The summed E-state index contributed by atoms with van der Waals surface area (Å²) in [5.74, 6) is 2.05. The second-order valence-electron chi connectivity index (χ2n) is 3.40. The second kappa shape index (κ2) is 5.36. The summed E-state index contributed by atoms with van der Waals surface area (Å²) in [7, 11) is 3.15. The van der Waals surface area contributed by atoms with E-state index in [0.29, 0.717) is 28.8 Å². The van der Waals surface area contributed by atoms with Crippen molar-refractivity contribution in [3.63, 3.8) is 0 Å². The lowest BCUT2D eigenvalue weighted by atomic mass is 10.2. The summed E-state index contributed by atoms with van der Waals surface area (Å²) in [6.45, 7) is 0.198. The fraction of sp³-hybridized carbons (Fsp3) is 0.273. The maximum atomic E-state index is 5.44. The maximum Gasteiger partial charge on any atom is 0.240 e. The highest BCUT2D eigenvalue weighted by molar-refractivity contribution is 9.10. The lowest BCUT2D eigenvalue weighted by Crippen LogP contribution is -1.96. The zero-order valence-electron chi connectivity index (χ0n) is 9.94. The Bertz CT molecular complexity index is 556. The molecule has 2 aromatic rings. The van der Waals surface area contributed by atoms with Crippen LogP contribution in [0.1, 0.15) is 5.89 Å². The van der Waals surface area contributed by atoms with E-state index in [0.717, 1.165) is 4.47 Å². The van der Waals surface area contributed by atoms with Gasteiger partial charge in [-0.05, 0) is 22.0 Å². The van der Waals surface area contributed by atoms with Gasteiger partial charge in [0.1, 0.15) is 11.5 Å². The summed E-state index contributed by atoms with van der Waals surface area (Å²) in [4.78, 5) is 4.17. The third kappa shape index (κ3) is 2.32. The number of hydrogen-bond acceptors (Lipinski definition) is 6. The molecule has 0 aliphatic carbocycles. The molecule has 0 spiro atoms. The molecule has 0 saturated heterocycles. The largest absolute Gasteiger partial charge is 0.497 e. The molecule has 1 aromatic carbocycles. The third-order valence-corrected chi connectivity index (χ3v) is 2.97. The first-order valence-electron chi connectivity index (χ1n) is 5.14. The maximum absolute atomic E-state index is 5.44. The Hall–Kier alpha value is -1.60. The number of nitrogens with two attached hydrogens (primary N) is 1. The summed E-state index contributed by atoms with van der Waals surface area (Å²) in [6.07, 6.45) is 0. The van der Waals surface area contributed by atoms with Gasteiger partial charge in [0.2, 0.25) is 11.7 Å². The van der Waals surface area contributed by atoms with Gasteiger partial charge in [-0.25, -0.2) is 0 Å². The fourth-order valence-corrected chi connectivity index (χ4v) is 2.09. The average molecular weight is 314 g/mol. The third-order valence-electron chi connectivity index (χ3n) is 2.35. The predicted molar refractivity (Wildman–Crippen MR) is 68.4 cm³/mol. The molecule has 0 saturated carbocycles. The number of benzene rings is 1. The molecule has 0 amide bonds. The van der Waals surface area contributed by atoms with Crippen LogP contribution in [0.5, 0.6) is 11.5 Å². The smallest absolute Gasteiger partial charge is 0.240 e. The van der Waals surface area contributed by atoms with Crippen LogP contribution in [0, 0.1) is 0 Å². The van der Waals surface area contributed by atoms with Crippen molar-refractivity contribution in [1.29, 1.82) is 0 Å². The minimum absolute atomic E-state index is 0.198. The molecule has 6 nitrogen and oxygen atoms in total. The van der Waals surface area contributed by atoms with E-state index in [1.807, 2.05) is 0 Å². The Balaban J connectivity index is 2.55. The SMILES string of the molecule is COc1cc(Br)c(-c2noc(CN)n2)c(OC)c1. The first-order valence-corrected chi connectivity index (χ1v) is 5.93. The summed E-state index contributed by atoms with van der Waals surface area (Å²) in [5.41, 5.74) is 6.13. The standard InChI is InChI=1S/C11H12BrN3O3/c1-16-6-3-7(12)10(8(4-6)17-2)11-14-9(5-13)18-15-11/h3-4H,5,13H2,1-2H3. The van der Waals surface area contributed by atoms with Crippen molar-refractivity contribution in [2.24, 2.45) is 5.73 Å².